The molecule has 0 aromatic heterocycles. The predicted molar refractivity (Wildman–Crippen MR) is 120 cm³/mol. The van der Waals surface area contributed by atoms with E-state index in [-0.39, 0.29) is 28.0 Å². The first-order chi connectivity index (χ1) is 15.6. The van der Waals surface area contributed by atoms with E-state index < -0.39 is 26.8 Å². The van der Waals surface area contributed by atoms with E-state index in [1.807, 2.05) is 0 Å². The van der Waals surface area contributed by atoms with E-state index in [2.05, 4.69) is 21.7 Å². The van der Waals surface area contributed by atoms with Gasteiger partial charge in [-0.25, -0.2) is 0 Å². The molecule has 0 aliphatic heterocycles. The van der Waals surface area contributed by atoms with E-state index in [4.69, 9.17) is 0 Å². The lowest BCUT2D eigenvalue weighted by Crippen LogP contribution is -2.22. The molecule has 2 aromatic carbocycles. The lowest BCUT2D eigenvalue weighted by Gasteiger charge is -2.38. The predicted octanol–water partition coefficient (Wildman–Crippen LogP) is 2.73. The standard InChI is InChI=1S/C17H18N8O8/c1-11(19-21-15-7-5-13(23(28)29)10-17(15)25(32)33)3-2-8-18-20-14-6-4-12(22(26)27)9-16(14)24(30)31/h2-10,18-21,32-33H,1H3/q-4. The summed E-state index contributed by atoms with van der Waals surface area (Å²) in [4.78, 5) is 10.3. The third-order valence-corrected chi connectivity index (χ3v) is 3.92. The number of allylic oxidation sites excluding steroid dienone is 3. The largest absolute Gasteiger partial charge is 0.769 e. The van der Waals surface area contributed by atoms with Gasteiger partial charge in [0.05, 0.1) is 10.6 Å². The maximum atomic E-state index is 11.1. The molecule has 0 aliphatic carbocycles. The van der Waals surface area contributed by atoms with Crippen LogP contribution in [0, 0.1) is 30.9 Å². The summed E-state index contributed by atoms with van der Waals surface area (Å²) in [5, 5.41) is 71.0. The molecule has 0 amide bonds. The third kappa shape index (κ3) is 7.11. The monoisotopic (exact) mass is 462 g/mol. The smallest absolute Gasteiger partial charge is 0.296 e. The zero-order chi connectivity index (χ0) is 24.5. The summed E-state index contributed by atoms with van der Waals surface area (Å²) in [5.74, 6) is 0. The molecule has 16 nitrogen and oxygen atoms in total. The summed E-state index contributed by atoms with van der Waals surface area (Å²) in [6, 6.07) is 6.54. The Morgan fingerprint density at radius 2 is 1.58 bits per heavy atom. The van der Waals surface area contributed by atoms with Crippen LogP contribution in [-0.2, 0) is 0 Å². The maximum Gasteiger partial charge on any atom is 0.296 e. The number of hydrogen-bond acceptors (Lipinski definition) is 15. The molecule has 6 N–H and O–H groups in total. The van der Waals surface area contributed by atoms with E-state index in [0.29, 0.717) is 5.70 Å². The van der Waals surface area contributed by atoms with Crippen LogP contribution in [0.5, 0.6) is 0 Å². The van der Waals surface area contributed by atoms with Gasteiger partial charge in [0.2, 0.25) is 0 Å². The number of rotatable bonds is 11. The topological polar surface area (TPSA) is 234 Å². The average molecular weight is 462 g/mol. The Hall–Kier alpha value is -4.32. The number of nitro groups is 1. The van der Waals surface area contributed by atoms with E-state index in [0.717, 1.165) is 18.2 Å². The van der Waals surface area contributed by atoms with E-state index in [1.54, 1.807) is 13.0 Å². The molecule has 0 saturated carbocycles. The third-order valence-electron chi connectivity index (χ3n) is 3.92. The van der Waals surface area contributed by atoms with Crippen molar-refractivity contribution in [2.24, 2.45) is 0 Å². The zero-order valence-corrected chi connectivity index (χ0v) is 16.8. The summed E-state index contributed by atoms with van der Waals surface area (Å²) < 4.78 is 0. The highest BCUT2D eigenvalue weighted by atomic mass is 16.8. The average Bonchev–Trinajstić information content (AvgIpc) is 2.76. The van der Waals surface area contributed by atoms with Gasteiger partial charge >= 0.3 is 0 Å². The van der Waals surface area contributed by atoms with Crippen molar-refractivity contribution in [3.05, 3.63) is 91.4 Å². The molecule has 16 heteroatoms. The number of nitro benzene ring substituents is 1. The van der Waals surface area contributed by atoms with Gasteiger partial charge in [-0.3, -0.25) is 31.4 Å². The SMILES string of the molecule is CC(=CC=CNNc1ccc(N([O-])[O-])cc1[N+](=O)[O-])NNc1ccc(N([O-])[O-])cc1N(O)O. The van der Waals surface area contributed by atoms with Crippen LogP contribution in [0.2, 0.25) is 0 Å². The lowest BCUT2D eigenvalue weighted by molar-refractivity contribution is -0.383. The second-order valence-corrected chi connectivity index (χ2v) is 6.19. The molecule has 0 atom stereocenters. The van der Waals surface area contributed by atoms with Crippen molar-refractivity contribution in [1.82, 2.24) is 10.9 Å². The molecule has 0 aliphatic rings. The first-order valence-electron chi connectivity index (χ1n) is 8.86. The summed E-state index contributed by atoms with van der Waals surface area (Å²) >= 11 is 0. The minimum Gasteiger partial charge on any atom is -0.769 e. The fourth-order valence-electron chi connectivity index (χ4n) is 2.36. The number of nitrogens with one attached hydrogen (secondary N) is 4. The van der Waals surface area contributed by atoms with Gasteiger partial charge in [-0.1, -0.05) is 0 Å². The van der Waals surface area contributed by atoms with Crippen molar-refractivity contribution in [3.8, 4) is 0 Å². The second kappa shape index (κ2) is 11.3. The molecule has 0 heterocycles. The van der Waals surface area contributed by atoms with Crippen molar-refractivity contribution in [2.75, 3.05) is 26.5 Å². The van der Waals surface area contributed by atoms with Crippen molar-refractivity contribution >= 4 is 34.1 Å². The van der Waals surface area contributed by atoms with Gasteiger partial charge in [0.1, 0.15) is 11.4 Å². The molecule has 0 spiro atoms. The molecule has 0 saturated heterocycles. The van der Waals surface area contributed by atoms with Gasteiger partial charge in [0.25, 0.3) is 5.69 Å². The first-order valence-corrected chi connectivity index (χ1v) is 8.86. The highest BCUT2D eigenvalue weighted by Crippen LogP contribution is 2.29. The molecule has 0 bridgehead atoms. The van der Waals surface area contributed by atoms with Crippen molar-refractivity contribution in [2.45, 2.75) is 6.92 Å². The highest BCUT2D eigenvalue weighted by Gasteiger charge is 2.13. The summed E-state index contributed by atoms with van der Waals surface area (Å²) in [5.41, 5.74) is 9.68. The molecule has 0 radical (unpaired) electrons. The van der Waals surface area contributed by atoms with Crippen LogP contribution in [0.25, 0.3) is 0 Å². The Kier molecular flexibility index (Phi) is 8.57. The van der Waals surface area contributed by atoms with Crippen LogP contribution in [-0.4, -0.2) is 15.3 Å². The van der Waals surface area contributed by atoms with Crippen LogP contribution in [0.3, 0.4) is 0 Å². The van der Waals surface area contributed by atoms with Crippen LogP contribution < -0.4 is 37.4 Å². The Balaban J connectivity index is 1.95. The van der Waals surface area contributed by atoms with Crippen LogP contribution in [0.1, 0.15) is 6.92 Å². The van der Waals surface area contributed by atoms with Crippen LogP contribution in [0.4, 0.5) is 34.1 Å². The van der Waals surface area contributed by atoms with E-state index in [9.17, 15) is 41.4 Å². The van der Waals surface area contributed by atoms with Crippen molar-refractivity contribution < 1.29 is 15.3 Å². The van der Waals surface area contributed by atoms with Gasteiger partial charge in [-0.2, -0.15) is 0 Å². The molecule has 0 unspecified atom stereocenters. The number of benzene rings is 2. The lowest BCUT2D eigenvalue weighted by atomic mass is 10.2. The molecule has 0 fully saturated rings. The van der Waals surface area contributed by atoms with Crippen molar-refractivity contribution in [1.29, 1.82) is 0 Å². The number of hydrazine groups is 2. The first kappa shape index (κ1) is 24.9. The molecule has 2 aromatic rings. The molecule has 33 heavy (non-hydrogen) atoms. The van der Waals surface area contributed by atoms with Gasteiger partial charge in [0.15, 0.2) is 0 Å². The maximum absolute atomic E-state index is 11.1. The van der Waals surface area contributed by atoms with E-state index in [1.165, 1.54) is 30.5 Å². The van der Waals surface area contributed by atoms with Crippen molar-refractivity contribution in [3.63, 3.8) is 0 Å². The molecule has 178 valence electrons. The Labute approximate surface area is 185 Å². The summed E-state index contributed by atoms with van der Waals surface area (Å²) in [6.07, 6.45) is 4.46. The normalized spacial score (nSPS) is 11.2. The Bertz CT molecular complexity index is 1030. The summed E-state index contributed by atoms with van der Waals surface area (Å²) in [7, 11) is 0. The Morgan fingerprint density at radius 3 is 2.15 bits per heavy atom. The van der Waals surface area contributed by atoms with Crippen LogP contribution in [0.15, 0.2) is 60.4 Å². The summed E-state index contributed by atoms with van der Waals surface area (Å²) in [6.45, 7) is 1.65. The van der Waals surface area contributed by atoms with E-state index >= 15 is 0 Å². The zero-order valence-electron chi connectivity index (χ0n) is 16.8. The van der Waals surface area contributed by atoms with Gasteiger partial charge < -0.3 is 42.1 Å². The number of nitrogens with zero attached hydrogens (tertiary/aromatic N) is 4. The second-order valence-electron chi connectivity index (χ2n) is 6.19. The minimum atomic E-state index is -0.757. The number of hydrogen-bond donors (Lipinski definition) is 6. The highest BCUT2D eigenvalue weighted by molar-refractivity contribution is 5.73. The quantitative estimate of drug-likeness (QED) is 0.160. The number of anilines is 5. The molecule has 2 rings (SSSR count). The van der Waals surface area contributed by atoms with Gasteiger partial charge in [0, 0.05) is 29.3 Å². The molecular weight excluding hydrogens is 444 g/mol. The fourth-order valence-corrected chi connectivity index (χ4v) is 2.36. The van der Waals surface area contributed by atoms with Gasteiger partial charge in [-0.05, 0) is 49.4 Å². The fraction of sp³-hybridized carbons (Fsp3) is 0.0588. The van der Waals surface area contributed by atoms with Gasteiger partial charge in [-0.15, -0.1) is 5.23 Å². The van der Waals surface area contributed by atoms with Crippen LogP contribution >= 0.6 is 0 Å². The molecular formula is C17H18N8O8-4. The minimum absolute atomic E-state index is 0.0130. The Morgan fingerprint density at radius 1 is 0.970 bits per heavy atom.